The van der Waals surface area contributed by atoms with Crippen LogP contribution in [0, 0.1) is 0 Å². The minimum Gasteiger partial charge on any atom is -0.295 e. The summed E-state index contributed by atoms with van der Waals surface area (Å²) in [7, 11) is 0. The van der Waals surface area contributed by atoms with E-state index in [0.717, 1.165) is 12.8 Å². The number of allylic oxidation sites excluding steroid dienone is 4. The summed E-state index contributed by atoms with van der Waals surface area (Å²) in [4.78, 5) is 23.5. The van der Waals surface area contributed by atoms with Crippen molar-refractivity contribution in [3.05, 3.63) is 96.1 Å². The highest BCUT2D eigenvalue weighted by molar-refractivity contribution is 5.96. The molecule has 122 valence electrons. The molecule has 2 nitrogen and oxygen atoms in total. The monoisotopic (exact) mass is 318 g/mol. The minimum absolute atomic E-state index is 0.00394. The maximum Gasteiger partial charge on any atom is 0.155 e. The molecule has 0 spiro atoms. The number of ketones is 2. The topological polar surface area (TPSA) is 34.1 Å². The Labute approximate surface area is 143 Å². The molecular weight excluding hydrogens is 296 g/mol. The molecule has 0 saturated heterocycles. The summed E-state index contributed by atoms with van der Waals surface area (Å²) in [6.45, 7) is 0. The molecule has 0 aliphatic heterocycles. The van der Waals surface area contributed by atoms with E-state index in [2.05, 4.69) is 0 Å². The smallest absolute Gasteiger partial charge is 0.155 e. The third kappa shape index (κ3) is 7.01. The zero-order valence-corrected chi connectivity index (χ0v) is 13.7. The Morgan fingerprint density at radius 1 is 0.625 bits per heavy atom. The maximum atomic E-state index is 11.8. The quantitative estimate of drug-likeness (QED) is 0.638. The molecule has 24 heavy (non-hydrogen) atoms. The molecule has 0 saturated carbocycles. The van der Waals surface area contributed by atoms with E-state index >= 15 is 0 Å². The highest BCUT2D eigenvalue weighted by atomic mass is 16.1. The predicted octanol–water partition coefficient (Wildman–Crippen LogP) is 4.50. The van der Waals surface area contributed by atoms with Crippen LogP contribution < -0.4 is 0 Å². The summed E-state index contributed by atoms with van der Waals surface area (Å²) in [5.41, 5.74) is 2.34. The van der Waals surface area contributed by atoms with Crippen LogP contribution >= 0.6 is 0 Å². The van der Waals surface area contributed by atoms with E-state index in [1.165, 1.54) is 11.1 Å². The lowest BCUT2D eigenvalue weighted by Gasteiger charge is -1.96. The second kappa shape index (κ2) is 10.1. The van der Waals surface area contributed by atoms with Crippen LogP contribution in [0.3, 0.4) is 0 Å². The van der Waals surface area contributed by atoms with Gasteiger partial charge in [0.1, 0.15) is 0 Å². The van der Waals surface area contributed by atoms with Crippen LogP contribution in [0.25, 0.3) is 0 Å². The van der Waals surface area contributed by atoms with E-state index in [1.807, 2.05) is 72.8 Å². The summed E-state index contributed by atoms with van der Waals surface area (Å²) in [6.07, 6.45) is 8.86. The van der Waals surface area contributed by atoms with E-state index < -0.39 is 0 Å². The van der Waals surface area contributed by atoms with Gasteiger partial charge in [0.05, 0.1) is 0 Å². The fourth-order valence-corrected chi connectivity index (χ4v) is 2.29. The summed E-state index contributed by atoms with van der Waals surface area (Å²) in [5.74, 6) is -0.00789. The lowest BCUT2D eigenvalue weighted by atomic mass is 10.1. The first-order valence-electron chi connectivity index (χ1n) is 8.20. The second-order valence-electron chi connectivity index (χ2n) is 5.62. The molecule has 2 heteroatoms. The number of hydrogen-bond acceptors (Lipinski definition) is 2. The number of carbonyl (C=O) groups excluding carboxylic acids is 2. The van der Waals surface area contributed by atoms with Crippen LogP contribution in [-0.4, -0.2) is 11.6 Å². The Morgan fingerprint density at radius 2 is 1.00 bits per heavy atom. The Balaban J connectivity index is 1.66. The number of benzene rings is 2. The second-order valence-corrected chi connectivity index (χ2v) is 5.62. The molecule has 0 aliphatic rings. The van der Waals surface area contributed by atoms with Crippen LogP contribution in [-0.2, 0) is 22.4 Å². The average Bonchev–Trinajstić information content (AvgIpc) is 2.62. The van der Waals surface area contributed by atoms with E-state index in [4.69, 9.17) is 0 Å². The van der Waals surface area contributed by atoms with E-state index in [9.17, 15) is 9.59 Å². The molecule has 0 radical (unpaired) electrons. The van der Waals surface area contributed by atoms with Crippen LogP contribution in [0.5, 0.6) is 0 Å². The predicted molar refractivity (Wildman–Crippen MR) is 97.8 cm³/mol. The van der Waals surface area contributed by atoms with Crippen molar-refractivity contribution in [1.82, 2.24) is 0 Å². The molecular formula is C22H22O2. The Bertz CT molecular complexity index is 634. The van der Waals surface area contributed by atoms with Crippen molar-refractivity contribution in [1.29, 1.82) is 0 Å². The van der Waals surface area contributed by atoms with Crippen LogP contribution in [0.2, 0.25) is 0 Å². The van der Waals surface area contributed by atoms with Crippen molar-refractivity contribution in [3.63, 3.8) is 0 Å². The van der Waals surface area contributed by atoms with E-state index in [0.29, 0.717) is 0 Å². The molecule has 2 aromatic rings. The molecule has 0 aliphatic carbocycles. The lowest BCUT2D eigenvalue weighted by Crippen LogP contribution is -1.99. The Hall–Kier alpha value is -2.74. The molecule has 0 heterocycles. The van der Waals surface area contributed by atoms with Gasteiger partial charge in [-0.15, -0.1) is 0 Å². The molecule has 2 aromatic carbocycles. The van der Waals surface area contributed by atoms with Gasteiger partial charge in [0.25, 0.3) is 0 Å². The number of carbonyl (C=O) groups is 2. The van der Waals surface area contributed by atoms with Crippen molar-refractivity contribution in [3.8, 4) is 0 Å². The molecule has 0 N–H and O–H groups in total. The van der Waals surface area contributed by atoms with E-state index in [-0.39, 0.29) is 24.4 Å². The summed E-state index contributed by atoms with van der Waals surface area (Å²) in [6, 6.07) is 19.9. The molecule has 0 fully saturated rings. The fraction of sp³-hybridized carbons (Fsp3) is 0.182. The molecule has 0 bridgehead atoms. The van der Waals surface area contributed by atoms with Gasteiger partial charge in [0.15, 0.2) is 11.6 Å². The maximum absolute atomic E-state index is 11.8. The SMILES string of the molecule is O=C(/C=C/Cc1ccccc1)CCC(=O)/C=C/Cc1ccccc1. The van der Waals surface area contributed by atoms with Crippen molar-refractivity contribution in [2.45, 2.75) is 25.7 Å². The molecule has 0 unspecified atom stereocenters. The Morgan fingerprint density at radius 3 is 1.38 bits per heavy atom. The average molecular weight is 318 g/mol. The first kappa shape index (κ1) is 17.6. The third-order valence-corrected chi connectivity index (χ3v) is 3.62. The molecule has 2 rings (SSSR count). The van der Waals surface area contributed by atoms with Crippen molar-refractivity contribution < 1.29 is 9.59 Å². The van der Waals surface area contributed by atoms with Crippen molar-refractivity contribution in [2.24, 2.45) is 0 Å². The largest absolute Gasteiger partial charge is 0.295 e. The first-order valence-corrected chi connectivity index (χ1v) is 8.20. The van der Waals surface area contributed by atoms with Gasteiger partial charge in [0.2, 0.25) is 0 Å². The first-order chi connectivity index (χ1) is 11.7. The lowest BCUT2D eigenvalue weighted by molar-refractivity contribution is -0.119. The van der Waals surface area contributed by atoms with Gasteiger partial charge in [0, 0.05) is 12.8 Å². The third-order valence-electron chi connectivity index (χ3n) is 3.62. The number of hydrogen-bond donors (Lipinski definition) is 0. The van der Waals surface area contributed by atoms with Gasteiger partial charge in [-0.05, 0) is 36.1 Å². The van der Waals surface area contributed by atoms with Gasteiger partial charge in [-0.1, -0.05) is 72.8 Å². The van der Waals surface area contributed by atoms with Gasteiger partial charge in [-0.2, -0.15) is 0 Å². The summed E-state index contributed by atoms with van der Waals surface area (Å²) in [5, 5.41) is 0. The molecule has 0 aromatic heterocycles. The summed E-state index contributed by atoms with van der Waals surface area (Å²) >= 11 is 0. The minimum atomic E-state index is -0.00394. The normalized spacial score (nSPS) is 11.2. The fourth-order valence-electron chi connectivity index (χ4n) is 2.29. The Kier molecular flexibility index (Phi) is 7.42. The van der Waals surface area contributed by atoms with Gasteiger partial charge >= 0.3 is 0 Å². The zero-order chi connectivity index (χ0) is 17.0. The zero-order valence-electron chi connectivity index (χ0n) is 13.7. The molecule has 0 amide bonds. The van der Waals surface area contributed by atoms with Crippen molar-refractivity contribution >= 4 is 11.6 Å². The number of rotatable bonds is 9. The highest BCUT2D eigenvalue weighted by Crippen LogP contribution is 2.03. The van der Waals surface area contributed by atoms with E-state index in [1.54, 1.807) is 12.2 Å². The summed E-state index contributed by atoms with van der Waals surface area (Å²) < 4.78 is 0. The van der Waals surface area contributed by atoms with Gasteiger partial charge in [-0.25, -0.2) is 0 Å². The van der Waals surface area contributed by atoms with Gasteiger partial charge in [-0.3, -0.25) is 9.59 Å². The highest BCUT2D eigenvalue weighted by Gasteiger charge is 2.01. The van der Waals surface area contributed by atoms with Crippen LogP contribution in [0.1, 0.15) is 24.0 Å². The molecule has 0 atom stereocenters. The van der Waals surface area contributed by atoms with Gasteiger partial charge < -0.3 is 0 Å². The van der Waals surface area contributed by atoms with Crippen molar-refractivity contribution in [2.75, 3.05) is 0 Å². The standard InChI is InChI=1S/C22H22O2/c23-21(15-7-13-19-9-3-1-4-10-19)17-18-22(24)16-8-14-20-11-5-2-6-12-20/h1-12,15-16H,13-14,17-18H2/b15-7+,16-8+. The van der Waals surface area contributed by atoms with Crippen LogP contribution in [0.15, 0.2) is 85.0 Å². The van der Waals surface area contributed by atoms with Crippen LogP contribution in [0.4, 0.5) is 0 Å².